The summed E-state index contributed by atoms with van der Waals surface area (Å²) >= 11 is 0. The maximum absolute atomic E-state index is 13.7. The Morgan fingerprint density at radius 3 is 2.04 bits per heavy atom. The third-order valence-electron chi connectivity index (χ3n) is 20.7. The Morgan fingerprint density at radius 2 is 1.43 bits per heavy atom. The minimum absolute atomic E-state index is 0.132. The number of fused-ring (bicyclic) bond motifs is 7. The second kappa shape index (κ2) is 13.4. The van der Waals surface area contributed by atoms with Gasteiger partial charge in [-0.3, -0.25) is 14.5 Å². The summed E-state index contributed by atoms with van der Waals surface area (Å²) in [6, 6.07) is 0.354. The highest BCUT2D eigenvalue weighted by atomic mass is 32.2. The third-order valence-corrected chi connectivity index (χ3v) is 22.3. The highest BCUT2D eigenvalue weighted by Crippen LogP contribution is 2.78. The second-order valence-electron chi connectivity index (χ2n) is 23.8. The summed E-state index contributed by atoms with van der Waals surface area (Å²) < 4.78 is 31.2. The zero-order valence-electron chi connectivity index (χ0n) is 36.8. The number of carbonyl (C=O) groups excluding carboxylic acids is 1. The van der Waals surface area contributed by atoms with Crippen molar-refractivity contribution in [3.8, 4) is 0 Å². The molecule has 0 spiro atoms. The van der Waals surface area contributed by atoms with E-state index in [1.807, 2.05) is 13.8 Å². The molecule has 1 aliphatic heterocycles. The number of nitrogens with zero attached hydrogens (tertiary/aromatic N) is 1. The van der Waals surface area contributed by atoms with Crippen LogP contribution in [-0.2, 0) is 24.2 Å². The van der Waals surface area contributed by atoms with Gasteiger partial charge in [0, 0.05) is 36.6 Å². The van der Waals surface area contributed by atoms with Crippen LogP contribution in [0, 0.1) is 79.8 Å². The number of aliphatic carboxylic acids is 1. The molecule has 2 N–H and O–H groups in total. The number of sulfone groups is 1. The molecule has 0 bridgehead atoms. The van der Waals surface area contributed by atoms with Crippen molar-refractivity contribution in [2.75, 3.05) is 31.1 Å². The molecule has 8 aliphatic rings. The summed E-state index contributed by atoms with van der Waals surface area (Å²) in [5.41, 5.74) is 0.652. The number of hydrogen-bond donors (Lipinski definition) is 2. The van der Waals surface area contributed by atoms with Crippen LogP contribution in [0.4, 0.5) is 0 Å². The van der Waals surface area contributed by atoms with Crippen LogP contribution < -0.4 is 5.32 Å². The Hall–Kier alpha value is -1.19. The van der Waals surface area contributed by atoms with Gasteiger partial charge in [0.1, 0.15) is 6.10 Å². The molecule has 13 atom stereocenters. The number of carbonyl (C=O) groups is 2. The van der Waals surface area contributed by atoms with Gasteiger partial charge in [-0.15, -0.1) is 0 Å². The van der Waals surface area contributed by atoms with Crippen LogP contribution in [0.25, 0.3) is 0 Å². The third kappa shape index (κ3) is 6.07. The SMILES string of the molecule is CC(C)[C@@H](CN[C@]12CC[C@@H](C3(C)CC3)[C@@H]1[C@H]1CC[C@@H]3[C@@]4(C)CC[C@H](OC(=O)[C@H]5C[C@@H](C(=O)O)C5(C)C)C(C)(C)[C@@H]4CC[C@@]3(C)[C@]1(C)CC2)N1CCS(=O)(=O)CC1. The first kappa shape index (κ1) is 41.5. The van der Waals surface area contributed by atoms with E-state index in [9.17, 15) is 23.1 Å². The molecular formula is C47H78N2O6S. The van der Waals surface area contributed by atoms with Crippen molar-refractivity contribution in [2.24, 2.45) is 79.8 Å². The van der Waals surface area contributed by atoms with E-state index < -0.39 is 27.1 Å². The number of hydrogen-bond acceptors (Lipinski definition) is 7. The molecule has 0 unspecified atom stereocenters. The molecule has 56 heavy (non-hydrogen) atoms. The predicted molar refractivity (Wildman–Crippen MR) is 222 cm³/mol. The summed E-state index contributed by atoms with van der Waals surface area (Å²) in [5, 5.41) is 14.1. The molecule has 8 nitrogen and oxygen atoms in total. The van der Waals surface area contributed by atoms with Gasteiger partial charge in [-0.2, -0.15) is 0 Å². The van der Waals surface area contributed by atoms with Crippen molar-refractivity contribution in [3.05, 3.63) is 0 Å². The van der Waals surface area contributed by atoms with Crippen molar-refractivity contribution in [1.82, 2.24) is 10.2 Å². The summed E-state index contributed by atoms with van der Waals surface area (Å²) in [4.78, 5) is 28.0. The molecule has 1 heterocycles. The zero-order valence-corrected chi connectivity index (χ0v) is 37.7. The van der Waals surface area contributed by atoms with Crippen molar-refractivity contribution in [2.45, 2.75) is 170 Å². The number of ether oxygens (including phenoxy) is 1. The zero-order chi connectivity index (χ0) is 40.6. The molecule has 0 aromatic rings. The van der Waals surface area contributed by atoms with Crippen LogP contribution in [0.1, 0.15) is 153 Å². The van der Waals surface area contributed by atoms with E-state index in [1.54, 1.807) is 0 Å². The van der Waals surface area contributed by atoms with E-state index in [4.69, 9.17) is 4.74 Å². The molecule has 0 amide bonds. The maximum atomic E-state index is 13.7. The average Bonchev–Trinajstić information content (AvgIpc) is 3.72. The topological polar surface area (TPSA) is 113 Å². The van der Waals surface area contributed by atoms with Crippen LogP contribution in [0.5, 0.6) is 0 Å². The van der Waals surface area contributed by atoms with Crippen molar-refractivity contribution < 1.29 is 27.9 Å². The second-order valence-corrected chi connectivity index (χ2v) is 26.1. The van der Waals surface area contributed by atoms with Crippen molar-refractivity contribution in [1.29, 1.82) is 0 Å². The molecule has 0 aromatic carbocycles. The number of esters is 1. The average molecular weight is 799 g/mol. The largest absolute Gasteiger partial charge is 0.481 e. The Labute approximate surface area is 340 Å². The van der Waals surface area contributed by atoms with E-state index in [0.29, 0.717) is 72.1 Å². The van der Waals surface area contributed by atoms with E-state index in [0.717, 1.165) is 25.3 Å². The van der Waals surface area contributed by atoms with Gasteiger partial charge >= 0.3 is 11.9 Å². The van der Waals surface area contributed by atoms with Gasteiger partial charge in [-0.25, -0.2) is 8.42 Å². The first-order chi connectivity index (χ1) is 26.0. The van der Waals surface area contributed by atoms with Gasteiger partial charge in [0.15, 0.2) is 9.84 Å². The molecular weight excluding hydrogens is 721 g/mol. The van der Waals surface area contributed by atoms with E-state index >= 15 is 0 Å². The van der Waals surface area contributed by atoms with Gasteiger partial charge < -0.3 is 15.2 Å². The maximum Gasteiger partial charge on any atom is 0.309 e. The lowest BCUT2D eigenvalue weighted by molar-refractivity contribution is -0.250. The quantitative estimate of drug-likeness (QED) is 0.223. The molecule has 7 aliphatic carbocycles. The standard InChI is InChI=1S/C47H78N2O6S/c1-29(2)34(49-23-25-56(53,54)26-24-49)28-48-47-18-13-30(43(7)19-20-43)38(47)31-11-12-36-44(8)16-15-37(55-40(52)33-27-32(39(50)51)41(33,3)4)42(5,6)35(44)14-17-46(36,10)45(31,9)21-22-47/h29-38,48H,11-28H2,1-10H3,(H,50,51)/t30-,31-,32+,33-,34-,35+,36-,37+,38-,44+,45-,46-,47+/m1/s1. The number of nitrogens with one attached hydrogen (secondary N) is 1. The number of carboxylic acids is 1. The lowest BCUT2D eigenvalue weighted by Gasteiger charge is -2.73. The Balaban J connectivity index is 1.02. The lowest BCUT2D eigenvalue weighted by atomic mass is 9.32. The lowest BCUT2D eigenvalue weighted by Crippen LogP contribution is -2.69. The fourth-order valence-corrected chi connectivity index (χ4v) is 17.8. The monoisotopic (exact) mass is 799 g/mol. The van der Waals surface area contributed by atoms with E-state index in [1.165, 1.54) is 64.2 Å². The van der Waals surface area contributed by atoms with Gasteiger partial charge in [0.2, 0.25) is 0 Å². The number of rotatable bonds is 9. The molecule has 318 valence electrons. The summed E-state index contributed by atoms with van der Waals surface area (Å²) in [6.07, 6.45) is 15.2. The first-order valence-corrected chi connectivity index (χ1v) is 24.9. The molecule has 0 aromatic heterocycles. The molecule has 8 fully saturated rings. The van der Waals surface area contributed by atoms with Crippen LogP contribution in [0.3, 0.4) is 0 Å². The predicted octanol–water partition coefficient (Wildman–Crippen LogP) is 8.62. The Bertz CT molecular complexity index is 1670. The molecule has 1 saturated heterocycles. The van der Waals surface area contributed by atoms with Gasteiger partial charge in [-0.05, 0) is 146 Å². The Morgan fingerprint density at radius 1 is 0.750 bits per heavy atom. The van der Waals surface area contributed by atoms with Crippen LogP contribution in [0.2, 0.25) is 0 Å². The molecule has 0 radical (unpaired) electrons. The smallest absolute Gasteiger partial charge is 0.309 e. The van der Waals surface area contributed by atoms with E-state index in [2.05, 4.69) is 65.6 Å². The van der Waals surface area contributed by atoms with Gasteiger partial charge in [0.25, 0.3) is 0 Å². The highest BCUT2D eigenvalue weighted by molar-refractivity contribution is 7.91. The Kier molecular flexibility index (Phi) is 9.94. The number of carboxylic acid groups (broad SMARTS) is 1. The van der Waals surface area contributed by atoms with Gasteiger partial charge in [0.05, 0.1) is 23.3 Å². The summed E-state index contributed by atoms with van der Waals surface area (Å²) in [7, 11) is -2.91. The van der Waals surface area contributed by atoms with Crippen LogP contribution >= 0.6 is 0 Å². The summed E-state index contributed by atoms with van der Waals surface area (Å²) in [5.74, 6) is 2.53. The highest BCUT2D eigenvalue weighted by Gasteiger charge is 2.72. The summed E-state index contributed by atoms with van der Waals surface area (Å²) in [6.45, 7) is 26.2. The van der Waals surface area contributed by atoms with E-state index in [-0.39, 0.29) is 45.2 Å². The normalized spacial score (nSPS) is 47.6. The van der Waals surface area contributed by atoms with Crippen molar-refractivity contribution in [3.63, 3.8) is 0 Å². The van der Waals surface area contributed by atoms with Crippen LogP contribution in [0.15, 0.2) is 0 Å². The molecule has 8 rings (SSSR count). The van der Waals surface area contributed by atoms with Crippen LogP contribution in [-0.4, -0.2) is 79.2 Å². The first-order valence-electron chi connectivity index (χ1n) is 23.1. The minimum Gasteiger partial charge on any atom is -0.481 e. The minimum atomic E-state index is -2.91. The fraction of sp³-hybridized carbons (Fsp3) is 0.957. The molecule has 9 heteroatoms. The molecule has 7 saturated carbocycles. The van der Waals surface area contributed by atoms with Gasteiger partial charge in [-0.1, -0.05) is 69.2 Å². The van der Waals surface area contributed by atoms with Crippen molar-refractivity contribution >= 4 is 21.8 Å². The fourth-order valence-electron chi connectivity index (χ4n) is 16.6.